The van der Waals surface area contributed by atoms with E-state index in [1.54, 1.807) is 0 Å². The van der Waals surface area contributed by atoms with E-state index in [9.17, 15) is 0 Å². The van der Waals surface area contributed by atoms with Crippen LogP contribution < -0.4 is 4.90 Å². The van der Waals surface area contributed by atoms with Crippen LogP contribution in [0.1, 0.15) is 25.6 Å². The number of anilines is 3. The fourth-order valence-electron chi connectivity index (χ4n) is 7.51. The van der Waals surface area contributed by atoms with Gasteiger partial charge in [0.15, 0.2) is 5.82 Å². The molecule has 0 N–H and O–H groups in total. The first kappa shape index (κ1) is 30.6. The Morgan fingerprint density at radius 2 is 1.04 bits per heavy atom. The summed E-state index contributed by atoms with van der Waals surface area (Å²) in [5, 5.41) is 12.1. The summed E-state index contributed by atoms with van der Waals surface area (Å²) >= 11 is 0. The van der Waals surface area contributed by atoms with Crippen LogP contribution in [0.15, 0.2) is 182 Å². The molecular formula is C46H37N5. The minimum Gasteiger partial charge on any atom is -0.311 e. The molecule has 9 rings (SSSR count). The van der Waals surface area contributed by atoms with Gasteiger partial charge in [-0.1, -0.05) is 116 Å². The third-order valence-corrected chi connectivity index (χ3v) is 10.3. The molecule has 51 heavy (non-hydrogen) atoms. The van der Waals surface area contributed by atoms with Gasteiger partial charge in [-0.3, -0.25) is 4.57 Å². The van der Waals surface area contributed by atoms with Crippen LogP contribution in [0, 0.1) is 5.92 Å². The zero-order valence-corrected chi connectivity index (χ0v) is 28.6. The maximum Gasteiger partial charge on any atom is 0.168 e. The Balaban J connectivity index is 1.13. The highest BCUT2D eigenvalue weighted by Crippen LogP contribution is 2.39. The molecule has 1 aliphatic rings. The number of allylic oxidation sites excluding steroid dienone is 4. The van der Waals surface area contributed by atoms with Crippen molar-refractivity contribution in [2.24, 2.45) is 5.92 Å². The summed E-state index contributed by atoms with van der Waals surface area (Å²) in [6, 6.07) is 55.9. The molecule has 0 radical (unpaired) electrons. The van der Waals surface area contributed by atoms with Crippen LogP contribution in [0.5, 0.6) is 0 Å². The Hall–Kier alpha value is -6.46. The largest absolute Gasteiger partial charge is 0.311 e. The van der Waals surface area contributed by atoms with E-state index < -0.39 is 0 Å². The van der Waals surface area contributed by atoms with Crippen LogP contribution in [-0.2, 0) is 0 Å². The topological polar surface area (TPSA) is 38.9 Å². The first-order valence-corrected chi connectivity index (χ1v) is 17.6. The van der Waals surface area contributed by atoms with Crippen molar-refractivity contribution in [3.8, 4) is 22.8 Å². The molecule has 246 valence electrons. The Bertz CT molecular complexity index is 2490. The number of hydrogen-bond acceptors (Lipinski definition) is 3. The molecule has 5 heteroatoms. The number of rotatable bonds is 7. The molecule has 0 spiro atoms. The minimum atomic E-state index is 0.119. The molecule has 5 nitrogen and oxygen atoms in total. The zero-order valence-electron chi connectivity index (χ0n) is 28.6. The van der Waals surface area contributed by atoms with Crippen LogP contribution in [-0.4, -0.2) is 19.3 Å². The number of aromatic nitrogens is 4. The molecule has 0 fully saturated rings. The van der Waals surface area contributed by atoms with E-state index in [0.29, 0.717) is 5.92 Å². The van der Waals surface area contributed by atoms with Gasteiger partial charge in [0, 0.05) is 50.7 Å². The normalized spacial score (nSPS) is 15.7. The van der Waals surface area contributed by atoms with Crippen molar-refractivity contribution in [3.05, 3.63) is 187 Å². The summed E-state index contributed by atoms with van der Waals surface area (Å²) in [6.45, 7) is 4.47. The summed E-state index contributed by atoms with van der Waals surface area (Å²) < 4.78 is 4.59. The monoisotopic (exact) mass is 659 g/mol. The molecule has 2 heterocycles. The molecule has 0 aliphatic heterocycles. The van der Waals surface area contributed by atoms with Gasteiger partial charge in [-0.25, -0.2) is 0 Å². The Kier molecular flexibility index (Phi) is 7.66. The van der Waals surface area contributed by atoms with Crippen molar-refractivity contribution in [1.29, 1.82) is 0 Å². The first-order chi connectivity index (χ1) is 25.2. The quantitative estimate of drug-likeness (QED) is 0.171. The molecular weight excluding hydrogens is 623 g/mol. The van der Waals surface area contributed by atoms with Crippen LogP contribution in [0.4, 0.5) is 17.1 Å². The van der Waals surface area contributed by atoms with Gasteiger partial charge in [0.1, 0.15) is 5.82 Å². The van der Waals surface area contributed by atoms with Crippen LogP contribution in [0.2, 0.25) is 0 Å². The molecule has 2 aromatic heterocycles. The van der Waals surface area contributed by atoms with Crippen molar-refractivity contribution in [3.63, 3.8) is 0 Å². The highest BCUT2D eigenvalue weighted by Gasteiger charge is 2.28. The minimum absolute atomic E-state index is 0.119. The third kappa shape index (κ3) is 5.35. The maximum absolute atomic E-state index is 4.82. The number of benzene rings is 6. The average molecular weight is 660 g/mol. The maximum atomic E-state index is 4.82. The second kappa shape index (κ2) is 12.8. The molecule has 6 aromatic carbocycles. The first-order valence-electron chi connectivity index (χ1n) is 17.6. The third-order valence-electron chi connectivity index (χ3n) is 10.3. The molecule has 0 bridgehead atoms. The lowest BCUT2D eigenvalue weighted by Crippen LogP contribution is -2.17. The summed E-state index contributed by atoms with van der Waals surface area (Å²) in [7, 11) is 0. The van der Waals surface area contributed by atoms with Gasteiger partial charge in [0.05, 0.1) is 11.0 Å². The van der Waals surface area contributed by atoms with Gasteiger partial charge in [-0.15, -0.1) is 10.2 Å². The van der Waals surface area contributed by atoms with E-state index in [1.807, 2.05) is 6.07 Å². The second-order valence-corrected chi connectivity index (χ2v) is 13.3. The van der Waals surface area contributed by atoms with Gasteiger partial charge in [-0.2, -0.15) is 0 Å². The van der Waals surface area contributed by atoms with Crippen LogP contribution >= 0.6 is 0 Å². The SMILES string of the molecule is CC1=CC=CC(c2nnc(-c3ccccc3)n2-c2ccc(N(c3ccccc3)c3ccc(-n4c5ccccc5c5ccccc54)cc3)cc2)C1C. The highest BCUT2D eigenvalue weighted by atomic mass is 15.3. The van der Waals surface area contributed by atoms with Crippen molar-refractivity contribution < 1.29 is 0 Å². The van der Waals surface area contributed by atoms with Gasteiger partial charge < -0.3 is 9.47 Å². The molecule has 0 amide bonds. The highest BCUT2D eigenvalue weighted by molar-refractivity contribution is 6.09. The molecule has 1 aliphatic carbocycles. The molecule has 0 saturated heterocycles. The molecule has 8 aromatic rings. The molecule has 0 saturated carbocycles. The lowest BCUT2D eigenvalue weighted by molar-refractivity contribution is 0.562. The fraction of sp³-hybridized carbons (Fsp3) is 0.0870. The second-order valence-electron chi connectivity index (χ2n) is 13.3. The number of para-hydroxylation sites is 3. The number of hydrogen-bond donors (Lipinski definition) is 0. The predicted molar refractivity (Wildman–Crippen MR) is 211 cm³/mol. The smallest absolute Gasteiger partial charge is 0.168 e. The van der Waals surface area contributed by atoms with E-state index >= 15 is 0 Å². The van der Waals surface area contributed by atoms with Gasteiger partial charge in [0.25, 0.3) is 0 Å². The summed E-state index contributed by atoms with van der Waals surface area (Å²) in [5.41, 5.74) is 10.2. The zero-order chi connectivity index (χ0) is 34.3. The van der Waals surface area contributed by atoms with Gasteiger partial charge >= 0.3 is 0 Å². The van der Waals surface area contributed by atoms with E-state index in [-0.39, 0.29) is 5.92 Å². The van der Waals surface area contributed by atoms with Crippen LogP contribution in [0.25, 0.3) is 44.6 Å². The average Bonchev–Trinajstić information content (AvgIpc) is 3.78. The Morgan fingerprint density at radius 1 is 0.529 bits per heavy atom. The molecule has 2 atom stereocenters. The number of nitrogens with zero attached hydrogens (tertiary/aromatic N) is 5. The fourth-order valence-corrected chi connectivity index (χ4v) is 7.51. The predicted octanol–water partition coefficient (Wildman–Crippen LogP) is 11.7. The van der Waals surface area contributed by atoms with E-state index in [4.69, 9.17) is 10.2 Å². The van der Waals surface area contributed by atoms with Crippen molar-refractivity contribution in [1.82, 2.24) is 19.3 Å². The Labute approximate surface area is 298 Å². The van der Waals surface area contributed by atoms with Crippen LogP contribution in [0.3, 0.4) is 0 Å². The van der Waals surface area contributed by atoms with Crippen molar-refractivity contribution in [2.45, 2.75) is 19.8 Å². The van der Waals surface area contributed by atoms with Gasteiger partial charge in [-0.05, 0) is 85.6 Å². The standard InChI is InChI=1S/C46H37N5/c1-32-14-13-21-40(33(32)2)46-48-47-45(34-15-5-3-6-16-34)51(46)39-30-26-37(27-31-39)49(35-17-7-4-8-18-35)36-24-28-38(29-25-36)50-43-22-11-9-19-41(43)42-20-10-12-23-44(42)50/h3-31,33,40H,1-2H3. The molecule has 2 unspecified atom stereocenters. The summed E-state index contributed by atoms with van der Waals surface area (Å²) in [6.07, 6.45) is 6.60. The number of fused-ring (bicyclic) bond motifs is 3. The van der Waals surface area contributed by atoms with E-state index in [1.165, 1.54) is 27.4 Å². The van der Waals surface area contributed by atoms with Gasteiger partial charge in [0.2, 0.25) is 0 Å². The lowest BCUT2D eigenvalue weighted by atomic mass is 9.83. The van der Waals surface area contributed by atoms with Crippen molar-refractivity contribution in [2.75, 3.05) is 4.90 Å². The lowest BCUT2D eigenvalue weighted by Gasteiger charge is -2.27. The van der Waals surface area contributed by atoms with E-state index in [0.717, 1.165) is 45.6 Å². The summed E-state index contributed by atoms with van der Waals surface area (Å²) in [5.74, 6) is 2.22. The summed E-state index contributed by atoms with van der Waals surface area (Å²) in [4.78, 5) is 2.31. The van der Waals surface area contributed by atoms with E-state index in [2.05, 4.69) is 198 Å². The van der Waals surface area contributed by atoms with Crippen molar-refractivity contribution >= 4 is 38.9 Å². The Morgan fingerprint density at radius 3 is 1.65 bits per heavy atom.